The van der Waals surface area contributed by atoms with Crippen LogP contribution in [0.25, 0.3) is 11.7 Å². The molecule has 9 nitrogen and oxygen atoms in total. The second kappa shape index (κ2) is 8.99. The third kappa shape index (κ3) is 4.65. The molecule has 0 atom stereocenters. The molecule has 2 fully saturated rings. The molecular weight excluding hydrogens is 429 g/mol. The maximum atomic E-state index is 13.4. The van der Waals surface area contributed by atoms with Gasteiger partial charge < -0.3 is 15.3 Å². The Morgan fingerprint density at radius 2 is 1.91 bits per heavy atom. The van der Waals surface area contributed by atoms with Gasteiger partial charge in [-0.05, 0) is 44.6 Å². The predicted molar refractivity (Wildman–Crippen MR) is 121 cm³/mol. The predicted octanol–water partition coefficient (Wildman–Crippen LogP) is 2.03. The average Bonchev–Trinajstić information content (AvgIpc) is 3.50. The topological polar surface area (TPSA) is 109 Å². The molecular formula is C23H30FN5O4. The molecule has 2 N–H and O–H groups in total. The van der Waals surface area contributed by atoms with Gasteiger partial charge >= 0.3 is 0 Å². The number of hydrogen-bond acceptors (Lipinski definition) is 5. The van der Waals surface area contributed by atoms with Gasteiger partial charge in [0.1, 0.15) is 11.8 Å². The number of carbonyl (C=O) groups excluding carboxylic acids is 2. The Balaban J connectivity index is 1.77. The van der Waals surface area contributed by atoms with Crippen molar-refractivity contribution < 1.29 is 19.1 Å². The molecule has 0 aromatic carbocycles. The first kappa shape index (κ1) is 23.0. The largest absolute Gasteiger partial charge is 0.494 e. The summed E-state index contributed by atoms with van der Waals surface area (Å²) in [5.41, 5.74) is 0.261. The average molecular weight is 460 g/mol. The van der Waals surface area contributed by atoms with Crippen molar-refractivity contribution in [2.75, 3.05) is 13.1 Å². The van der Waals surface area contributed by atoms with Crippen LogP contribution < -0.4 is 10.9 Å². The van der Waals surface area contributed by atoms with Gasteiger partial charge in [-0.25, -0.2) is 4.39 Å². The van der Waals surface area contributed by atoms with E-state index in [2.05, 4.69) is 10.4 Å². The summed E-state index contributed by atoms with van der Waals surface area (Å²) in [7, 11) is 0. The minimum atomic E-state index is -0.875. The molecule has 1 aliphatic carbocycles. The number of amides is 2. The Kier molecular flexibility index (Phi) is 6.27. The van der Waals surface area contributed by atoms with E-state index in [4.69, 9.17) is 0 Å². The third-order valence-electron chi connectivity index (χ3n) is 6.04. The molecule has 2 aromatic heterocycles. The fourth-order valence-electron chi connectivity index (χ4n) is 4.11. The Labute approximate surface area is 190 Å². The number of alkyl halides is 1. The molecule has 1 saturated carbocycles. The Hall–Kier alpha value is -3.17. The lowest BCUT2D eigenvalue weighted by atomic mass is 10.1. The summed E-state index contributed by atoms with van der Waals surface area (Å²) < 4.78 is 16.0. The molecule has 2 aliphatic rings. The molecule has 0 spiro atoms. The number of piperidine rings is 1. The summed E-state index contributed by atoms with van der Waals surface area (Å²) in [6, 6.07) is 0.0249. The van der Waals surface area contributed by atoms with Gasteiger partial charge in [0.2, 0.25) is 11.8 Å². The van der Waals surface area contributed by atoms with Crippen LogP contribution in [-0.4, -0.2) is 61.3 Å². The molecule has 2 aromatic rings. The zero-order valence-corrected chi connectivity index (χ0v) is 19.2. The van der Waals surface area contributed by atoms with Crippen LogP contribution in [0.3, 0.4) is 0 Å². The van der Waals surface area contributed by atoms with Gasteiger partial charge in [0.25, 0.3) is 11.5 Å². The third-order valence-corrected chi connectivity index (χ3v) is 6.04. The smallest absolute Gasteiger partial charge is 0.291 e. The van der Waals surface area contributed by atoms with E-state index < -0.39 is 23.5 Å². The highest BCUT2D eigenvalue weighted by molar-refractivity contribution is 5.97. The molecule has 33 heavy (non-hydrogen) atoms. The number of fused-ring (bicyclic) bond motifs is 1. The Morgan fingerprint density at radius 3 is 2.52 bits per heavy atom. The van der Waals surface area contributed by atoms with Crippen molar-refractivity contribution in [1.29, 1.82) is 0 Å². The summed E-state index contributed by atoms with van der Waals surface area (Å²) in [6.07, 6.45) is 4.42. The van der Waals surface area contributed by atoms with Gasteiger partial charge in [-0.15, -0.1) is 0 Å². The number of carbonyl (C=O) groups is 2. The molecule has 4 rings (SSSR count). The van der Waals surface area contributed by atoms with Gasteiger partial charge in [-0.3, -0.25) is 19.0 Å². The summed E-state index contributed by atoms with van der Waals surface area (Å²) in [6.45, 7) is 6.66. The van der Waals surface area contributed by atoms with E-state index in [0.29, 0.717) is 49.4 Å². The molecule has 3 heterocycles. The lowest BCUT2D eigenvalue weighted by Crippen LogP contribution is -2.38. The summed E-state index contributed by atoms with van der Waals surface area (Å²) >= 11 is 0. The van der Waals surface area contributed by atoms with Crippen LogP contribution in [0.2, 0.25) is 0 Å². The lowest BCUT2D eigenvalue weighted by Gasteiger charge is -2.27. The fourth-order valence-corrected chi connectivity index (χ4v) is 4.11. The Bertz CT molecular complexity index is 1170. The van der Waals surface area contributed by atoms with Gasteiger partial charge in [0.05, 0.1) is 5.69 Å². The number of aryl methyl sites for hydroxylation is 1. The highest BCUT2D eigenvalue weighted by Crippen LogP contribution is 2.26. The molecule has 10 heteroatoms. The summed E-state index contributed by atoms with van der Waals surface area (Å²) in [4.78, 5) is 40.1. The van der Waals surface area contributed by atoms with E-state index in [1.165, 1.54) is 10.6 Å². The number of rotatable bonds is 6. The van der Waals surface area contributed by atoms with Gasteiger partial charge in [-0.2, -0.15) is 9.61 Å². The molecule has 1 saturated heterocycles. The van der Waals surface area contributed by atoms with Crippen molar-refractivity contribution in [3.8, 4) is 5.88 Å². The maximum absolute atomic E-state index is 13.4. The summed E-state index contributed by atoms with van der Waals surface area (Å²) in [5.74, 6) is -1.18. The molecule has 1 aliphatic heterocycles. The van der Waals surface area contributed by atoms with E-state index in [1.807, 2.05) is 13.8 Å². The van der Waals surface area contributed by atoms with Gasteiger partial charge in [-0.1, -0.05) is 13.8 Å². The van der Waals surface area contributed by atoms with Crippen LogP contribution in [0.4, 0.5) is 4.39 Å². The van der Waals surface area contributed by atoms with Crippen LogP contribution >= 0.6 is 0 Å². The van der Waals surface area contributed by atoms with Crippen LogP contribution in [0.1, 0.15) is 61.1 Å². The summed E-state index contributed by atoms with van der Waals surface area (Å²) in [5, 5.41) is 18.1. The van der Waals surface area contributed by atoms with E-state index in [1.54, 1.807) is 17.9 Å². The van der Waals surface area contributed by atoms with Crippen molar-refractivity contribution in [2.45, 2.75) is 65.2 Å². The number of nitrogens with zero attached hydrogens (tertiary/aromatic N) is 4. The van der Waals surface area contributed by atoms with Crippen LogP contribution in [0, 0.1) is 12.8 Å². The minimum Gasteiger partial charge on any atom is -0.494 e. The number of nitrogens with one attached hydrogen (secondary N) is 1. The molecule has 0 bridgehead atoms. The molecule has 0 radical (unpaired) electrons. The maximum Gasteiger partial charge on any atom is 0.291 e. The van der Waals surface area contributed by atoms with E-state index in [9.17, 15) is 23.9 Å². The molecule has 0 unspecified atom stereocenters. The zero-order chi connectivity index (χ0) is 23.9. The van der Waals surface area contributed by atoms with Crippen molar-refractivity contribution in [3.05, 3.63) is 33.3 Å². The molecule has 178 valence electrons. The number of aromatic hydroxyl groups is 1. The fraction of sp³-hybridized carbons (Fsp3) is 0.565. The van der Waals surface area contributed by atoms with Crippen molar-refractivity contribution in [3.63, 3.8) is 0 Å². The first-order chi connectivity index (χ1) is 15.7. The van der Waals surface area contributed by atoms with Gasteiger partial charge in [0.15, 0.2) is 5.56 Å². The zero-order valence-electron chi connectivity index (χ0n) is 19.2. The second-order valence-electron chi connectivity index (χ2n) is 9.32. The molecule has 2 amide bonds. The normalized spacial score (nSPS) is 17.4. The van der Waals surface area contributed by atoms with Gasteiger partial charge in [0, 0.05) is 37.3 Å². The van der Waals surface area contributed by atoms with Crippen molar-refractivity contribution >= 4 is 23.5 Å². The van der Waals surface area contributed by atoms with Crippen LogP contribution in [0.15, 0.2) is 10.9 Å². The number of aromatic nitrogens is 3. The number of likely N-dealkylation sites (tertiary alicyclic amines) is 1. The monoisotopic (exact) mass is 459 g/mol. The van der Waals surface area contributed by atoms with Crippen LogP contribution in [-0.2, 0) is 11.3 Å². The van der Waals surface area contributed by atoms with E-state index in [-0.39, 0.29) is 23.4 Å². The SMILES string of the molecule is Cc1nn2c(=O)c(C(=O)NC3CC3)c(O)n(CC(C)C)c2c1/C=C/C(=O)N1CCC(F)CC1. The van der Waals surface area contributed by atoms with Crippen molar-refractivity contribution in [2.24, 2.45) is 5.92 Å². The highest BCUT2D eigenvalue weighted by atomic mass is 19.1. The lowest BCUT2D eigenvalue weighted by molar-refractivity contribution is -0.127. The Morgan fingerprint density at radius 1 is 1.24 bits per heavy atom. The second-order valence-corrected chi connectivity index (χ2v) is 9.32. The van der Waals surface area contributed by atoms with E-state index >= 15 is 0 Å². The first-order valence-corrected chi connectivity index (χ1v) is 11.4. The first-order valence-electron chi connectivity index (χ1n) is 11.4. The van der Waals surface area contributed by atoms with Crippen LogP contribution in [0.5, 0.6) is 5.88 Å². The number of hydrogen-bond donors (Lipinski definition) is 2. The minimum absolute atomic E-state index is 0.0249. The quantitative estimate of drug-likeness (QED) is 0.643. The van der Waals surface area contributed by atoms with Crippen molar-refractivity contribution in [1.82, 2.24) is 24.4 Å². The standard InChI is InChI=1S/C23H30FN5O4/c1-13(2)12-28-21-17(6-7-18(30)27-10-8-15(24)9-11-27)14(3)26-29(21)23(33)19(22(28)32)20(31)25-16-4-5-16/h6-7,13,15-16,32H,4-5,8-12H2,1-3H3,(H,25,31)/b7-6+. The highest BCUT2D eigenvalue weighted by Gasteiger charge is 2.30. The van der Waals surface area contributed by atoms with E-state index in [0.717, 1.165) is 17.4 Å². The number of halogens is 1.